The van der Waals surface area contributed by atoms with Crippen molar-refractivity contribution in [3.8, 4) is 0 Å². The van der Waals surface area contributed by atoms with Crippen molar-refractivity contribution in [2.24, 2.45) is 11.5 Å². The Hall–Kier alpha value is 0.210. The van der Waals surface area contributed by atoms with Gasteiger partial charge in [0.2, 0.25) is 0 Å². The lowest BCUT2D eigenvalue weighted by Crippen LogP contribution is -2.17. The van der Waals surface area contributed by atoms with E-state index in [0.29, 0.717) is 18.5 Å². The molecular formula is C9H21ClN2. The van der Waals surface area contributed by atoms with Gasteiger partial charge in [-0.3, -0.25) is 0 Å². The van der Waals surface area contributed by atoms with Gasteiger partial charge in [0.05, 0.1) is 0 Å². The lowest BCUT2D eigenvalue weighted by molar-refractivity contribution is 0.583. The summed E-state index contributed by atoms with van der Waals surface area (Å²) in [4.78, 5) is 0. The minimum atomic E-state index is 0.525. The van der Waals surface area contributed by atoms with Crippen molar-refractivity contribution in [1.82, 2.24) is 0 Å². The molecule has 1 aliphatic carbocycles. The van der Waals surface area contributed by atoms with Crippen molar-refractivity contribution in [2.45, 2.75) is 44.6 Å². The topological polar surface area (TPSA) is 52.0 Å². The lowest BCUT2D eigenvalue weighted by Gasteiger charge is -2.03. The van der Waals surface area contributed by atoms with Crippen LogP contribution in [0.1, 0.15) is 38.5 Å². The van der Waals surface area contributed by atoms with E-state index in [1.54, 1.807) is 0 Å². The quantitative estimate of drug-likeness (QED) is 0.492. The van der Waals surface area contributed by atoms with Crippen LogP contribution in [0.25, 0.3) is 0 Å². The van der Waals surface area contributed by atoms with E-state index >= 15 is 0 Å². The number of hydrogen-bond acceptors (Lipinski definition) is 2. The molecule has 0 heterocycles. The summed E-state index contributed by atoms with van der Waals surface area (Å²) in [5, 5.41) is 0. The Morgan fingerprint density at radius 1 is 1.08 bits per heavy atom. The van der Waals surface area contributed by atoms with Crippen molar-refractivity contribution >= 4 is 11.6 Å². The maximum atomic E-state index is 5.73. The standard InChI is InChI=1S/C7H15N.C2H6ClN/c8-7-5-3-1-2-4-6-7;3-1-2-4/h7H,1-6,8H2;1-2,4H2. The van der Waals surface area contributed by atoms with Gasteiger partial charge in [-0.15, -0.1) is 11.6 Å². The molecular weight excluding hydrogens is 172 g/mol. The third-order valence-corrected chi connectivity index (χ3v) is 2.23. The highest BCUT2D eigenvalue weighted by atomic mass is 35.5. The highest BCUT2D eigenvalue weighted by molar-refractivity contribution is 6.18. The Morgan fingerprint density at radius 3 is 1.83 bits per heavy atom. The molecule has 1 rings (SSSR count). The second-order valence-corrected chi connectivity index (χ2v) is 3.61. The summed E-state index contributed by atoms with van der Waals surface area (Å²) in [6.07, 6.45) is 8.07. The molecule has 0 aliphatic heterocycles. The van der Waals surface area contributed by atoms with Crippen LogP contribution in [-0.2, 0) is 0 Å². The summed E-state index contributed by atoms with van der Waals surface area (Å²) < 4.78 is 0. The van der Waals surface area contributed by atoms with Crippen LogP contribution in [0.2, 0.25) is 0 Å². The average Bonchev–Trinajstić information content (AvgIpc) is 2.33. The van der Waals surface area contributed by atoms with Crippen LogP contribution in [0.15, 0.2) is 0 Å². The molecule has 0 unspecified atom stereocenters. The van der Waals surface area contributed by atoms with Crippen LogP contribution in [0.3, 0.4) is 0 Å². The molecule has 1 aliphatic rings. The molecule has 12 heavy (non-hydrogen) atoms. The van der Waals surface area contributed by atoms with Gasteiger partial charge in [-0.05, 0) is 12.8 Å². The van der Waals surface area contributed by atoms with Crippen molar-refractivity contribution in [1.29, 1.82) is 0 Å². The number of hydrogen-bond donors (Lipinski definition) is 2. The number of nitrogens with two attached hydrogens (primary N) is 2. The molecule has 1 fully saturated rings. The first-order valence-electron chi connectivity index (χ1n) is 4.83. The van der Waals surface area contributed by atoms with E-state index in [-0.39, 0.29) is 0 Å². The monoisotopic (exact) mass is 192 g/mol. The third kappa shape index (κ3) is 8.31. The van der Waals surface area contributed by atoms with Gasteiger partial charge >= 0.3 is 0 Å². The first-order chi connectivity index (χ1) is 5.81. The molecule has 2 nitrogen and oxygen atoms in total. The van der Waals surface area contributed by atoms with E-state index in [1.165, 1.54) is 38.5 Å². The molecule has 0 bridgehead atoms. The molecule has 0 aromatic rings. The Bertz CT molecular complexity index is 78.6. The number of alkyl halides is 1. The van der Waals surface area contributed by atoms with Crippen LogP contribution in [0.5, 0.6) is 0 Å². The zero-order valence-electron chi connectivity index (χ0n) is 7.77. The number of halogens is 1. The van der Waals surface area contributed by atoms with E-state index in [9.17, 15) is 0 Å². The van der Waals surface area contributed by atoms with Gasteiger partial charge in [-0.1, -0.05) is 25.7 Å². The number of rotatable bonds is 1. The minimum Gasteiger partial charge on any atom is -0.329 e. The Labute approximate surface area is 80.6 Å². The van der Waals surface area contributed by atoms with Gasteiger partial charge in [0, 0.05) is 18.5 Å². The fraction of sp³-hybridized carbons (Fsp3) is 1.00. The maximum absolute atomic E-state index is 5.73. The Morgan fingerprint density at radius 2 is 1.50 bits per heavy atom. The first-order valence-corrected chi connectivity index (χ1v) is 5.36. The molecule has 0 amide bonds. The van der Waals surface area contributed by atoms with Crippen LogP contribution in [0.4, 0.5) is 0 Å². The van der Waals surface area contributed by atoms with Crippen molar-refractivity contribution in [2.75, 3.05) is 12.4 Å². The van der Waals surface area contributed by atoms with Gasteiger partial charge in [0.25, 0.3) is 0 Å². The van der Waals surface area contributed by atoms with Crippen molar-refractivity contribution in [3.05, 3.63) is 0 Å². The van der Waals surface area contributed by atoms with E-state index in [4.69, 9.17) is 23.1 Å². The molecule has 0 atom stereocenters. The smallest absolute Gasteiger partial charge is 0.0346 e. The normalized spacial score (nSPS) is 19.2. The second kappa shape index (κ2) is 9.30. The molecule has 0 aromatic carbocycles. The second-order valence-electron chi connectivity index (χ2n) is 3.23. The fourth-order valence-electron chi connectivity index (χ4n) is 1.31. The van der Waals surface area contributed by atoms with E-state index in [0.717, 1.165) is 0 Å². The van der Waals surface area contributed by atoms with Crippen LogP contribution < -0.4 is 11.5 Å². The zero-order valence-corrected chi connectivity index (χ0v) is 8.52. The largest absolute Gasteiger partial charge is 0.329 e. The van der Waals surface area contributed by atoms with Crippen LogP contribution >= 0.6 is 11.6 Å². The van der Waals surface area contributed by atoms with Crippen molar-refractivity contribution in [3.63, 3.8) is 0 Å². The van der Waals surface area contributed by atoms with Gasteiger partial charge in [-0.25, -0.2) is 0 Å². The van der Waals surface area contributed by atoms with Gasteiger partial charge in [-0.2, -0.15) is 0 Å². The Balaban J connectivity index is 0.000000261. The summed E-state index contributed by atoms with van der Waals surface area (Å²) >= 11 is 5.06. The van der Waals surface area contributed by atoms with Crippen LogP contribution in [0, 0.1) is 0 Å². The molecule has 0 radical (unpaired) electrons. The van der Waals surface area contributed by atoms with Gasteiger partial charge in [0.15, 0.2) is 0 Å². The molecule has 74 valence electrons. The molecule has 3 heteroatoms. The highest BCUT2D eigenvalue weighted by Gasteiger charge is 2.05. The average molecular weight is 193 g/mol. The molecule has 0 spiro atoms. The third-order valence-electron chi connectivity index (χ3n) is 2.01. The molecule has 0 aromatic heterocycles. The summed E-state index contributed by atoms with van der Waals surface area (Å²) in [6.45, 7) is 0.585. The summed E-state index contributed by atoms with van der Waals surface area (Å²) in [6, 6.07) is 0.525. The maximum Gasteiger partial charge on any atom is 0.0346 e. The highest BCUT2D eigenvalue weighted by Crippen LogP contribution is 2.14. The Kier molecular flexibility index (Phi) is 9.46. The summed E-state index contributed by atoms with van der Waals surface area (Å²) in [7, 11) is 0. The molecule has 0 saturated heterocycles. The van der Waals surface area contributed by atoms with E-state index in [1.807, 2.05) is 0 Å². The first kappa shape index (κ1) is 12.2. The molecule has 1 saturated carbocycles. The SMILES string of the molecule is NC1CCCCCC1.NCCCl. The zero-order chi connectivity index (χ0) is 9.23. The predicted octanol–water partition coefficient (Wildman–Crippen LogP) is 1.85. The fourth-order valence-corrected chi connectivity index (χ4v) is 1.31. The van der Waals surface area contributed by atoms with Crippen molar-refractivity contribution < 1.29 is 0 Å². The van der Waals surface area contributed by atoms with Gasteiger partial charge in [0.1, 0.15) is 0 Å². The van der Waals surface area contributed by atoms with Crippen LogP contribution in [-0.4, -0.2) is 18.5 Å². The minimum absolute atomic E-state index is 0.525. The van der Waals surface area contributed by atoms with Gasteiger partial charge < -0.3 is 11.5 Å². The predicted molar refractivity (Wildman–Crippen MR) is 55.5 cm³/mol. The summed E-state index contributed by atoms with van der Waals surface area (Å²) in [5.41, 5.74) is 10.6. The molecule has 4 N–H and O–H groups in total. The lowest BCUT2D eigenvalue weighted by atomic mass is 10.1. The van der Waals surface area contributed by atoms with E-state index in [2.05, 4.69) is 0 Å². The summed E-state index contributed by atoms with van der Waals surface area (Å²) in [5.74, 6) is 0.569. The van der Waals surface area contributed by atoms with E-state index < -0.39 is 0 Å².